The van der Waals surface area contributed by atoms with Crippen LogP contribution in [-0.4, -0.2) is 17.5 Å². The van der Waals surface area contributed by atoms with E-state index in [2.05, 4.69) is 5.32 Å². The molecular weight excluding hydrogens is 302 g/mol. The second-order valence-electron chi connectivity index (χ2n) is 5.28. The summed E-state index contributed by atoms with van der Waals surface area (Å²) >= 11 is 0. The van der Waals surface area contributed by atoms with Gasteiger partial charge in [0.05, 0.1) is 6.42 Å². The van der Waals surface area contributed by atoms with Crippen molar-refractivity contribution < 1.29 is 14.4 Å². The first kappa shape index (κ1) is 17.3. The predicted molar refractivity (Wildman–Crippen MR) is 94.6 cm³/mol. The molecular formula is C20H19NO3. The first-order valence-corrected chi connectivity index (χ1v) is 7.78. The van der Waals surface area contributed by atoms with Crippen LogP contribution in [0.1, 0.15) is 24.5 Å². The van der Waals surface area contributed by atoms with E-state index >= 15 is 0 Å². The molecule has 1 amide bonds. The zero-order valence-corrected chi connectivity index (χ0v) is 13.5. The Hall–Kier alpha value is -3.01. The summed E-state index contributed by atoms with van der Waals surface area (Å²) in [4.78, 5) is 35.7. The van der Waals surface area contributed by atoms with Crippen LogP contribution in [0.2, 0.25) is 0 Å². The van der Waals surface area contributed by atoms with Crippen molar-refractivity contribution in [2.45, 2.75) is 19.8 Å². The molecule has 0 aliphatic carbocycles. The van der Waals surface area contributed by atoms with Crippen LogP contribution in [0.5, 0.6) is 0 Å². The summed E-state index contributed by atoms with van der Waals surface area (Å²) in [6.07, 6.45) is 3.24. The normalized spacial score (nSPS) is 10.5. The molecule has 0 aromatic heterocycles. The number of aryl methyl sites for hydroxylation is 1. The third kappa shape index (κ3) is 5.02. The monoisotopic (exact) mass is 321 g/mol. The molecule has 0 saturated carbocycles. The van der Waals surface area contributed by atoms with Gasteiger partial charge < -0.3 is 5.32 Å². The smallest absolute Gasteiger partial charge is 0.292 e. The molecule has 122 valence electrons. The predicted octanol–water partition coefficient (Wildman–Crippen LogP) is 3.43. The molecule has 1 N–H and O–H groups in total. The number of rotatable bonds is 7. The van der Waals surface area contributed by atoms with E-state index in [-0.39, 0.29) is 0 Å². The highest BCUT2D eigenvalue weighted by Crippen LogP contribution is 2.15. The van der Waals surface area contributed by atoms with E-state index in [4.69, 9.17) is 0 Å². The molecule has 0 atom stereocenters. The van der Waals surface area contributed by atoms with Crippen LogP contribution in [-0.2, 0) is 20.8 Å². The lowest BCUT2D eigenvalue weighted by Gasteiger charge is -2.08. The number of allylic oxidation sites excluding steroid dienone is 1. The van der Waals surface area contributed by atoms with E-state index in [0.717, 1.165) is 17.5 Å². The summed E-state index contributed by atoms with van der Waals surface area (Å²) in [6, 6.07) is 16.6. The van der Waals surface area contributed by atoms with Gasteiger partial charge in [-0.25, -0.2) is 0 Å². The van der Waals surface area contributed by atoms with Crippen molar-refractivity contribution in [1.82, 2.24) is 0 Å². The number of Topliss-reactive ketones (excluding diaryl/α,β-unsaturated/α-hetero) is 1. The molecule has 0 fully saturated rings. The van der Waals surface area contributed by atoms with E-state index in [9.17, 15) is 14.4 Å². The highest BCUT2D eigenvalue weighted by molar-refractivity contribution is 6.43. The molecule has 0 bridgehead atoms. The highest BCUT2D eigenvalue weighted by atomic mass is 16.2. The second kappa shape index (κ2) is 8.58. The third-order valence-electron chi connectivity index (χ3n) is 3.50. The van der Waals surface area contributed by atoms with Crippen molar-refractivity contribution in [3.8, 4) is 0 Å². The van der Waals surface area contributed by atoms with Crippen molar-refractivity contribution in [2.24, 2.45) is 0 Å². The van der Waals surface area contributed by atoms with Gasteiger partial charge in [-0.1, -0.05) is 61.5 Å². The quantitative estimate of drug-likeness (QED) is 0.483. The van der Waals surface area contributed by atoms with Gasteiger partial charge in [-0.2, -0.15) is 0 Å². The van der Waals surface area contributed by atoms with Gasteiger partial charge in [-0.3, -0.25) is 14.4 Å². The van der Waals surface area contributed by atoms with Crippen molar-refractivity contribution in [3.05, 3.63) is 71.8 Å². The number of para-hydroxylation sites is 1. The Morgan fingerprint density at radius 3 is 2.33 bits per heavy atom. The van der Waals surface area contributed by atoms with Gasteiger partial charge >= 0.3 is 0 Å². The number of nitrogens with one attached hydrogen (secondary N) is 1. The Kier molecular flexibility index (Phi) is 6.20. The highest BCUT2D eigenvalue weighted by Gasteiger charge is 2.17. The van der Waals surface area contributed by atoms with E-state index in [1.165, 1.54) is 6.08 Å². The lowest BCUT2D eigenvalue weighted by molar-refractivity contribution is -0.136. The minimum atomic E-state index is -0.766. The maximum absolute atomic E-state index is 12.0. The molecule has 0 unspecified atom stereocenters. The molecule has 2 aromatic rings. The van der Waals surface area contributed by atoms with Gasteiger partial charge in [0.15, 0.2) is 5.78 Å². The largest absolute Gasteiger partial charge is 0.319 e. The summed E-state index contributed by atoms with van der Waals surface area (Å²) < 4.78 is 0. The Morgan fingerprint density at radius 2 is 1.62 bits per heavy atom. The van der Waals surface area contributed by atoms with E-state index in [0.29, 0.717) is 5.69 Å². The lowest BCUT2D eigenvalue weighted by atomic mass is 10.1. The van der Waals surface area contributed by atoms with Crippen LogP contribution >= 0.6 is 0 Å². The number of amides is 1. The average molecular weight is 321 g/mol. The Balaban J connectivity index is 1.93. The zero-order chi connectivity index (χ0) is 17.4. The van der Waals surface area contributed by atoms with E-state index < -0.39 is 23.9 Å². The SMILES string of the molecule is CCc1ccccc1NC(=O)C(=O)CC(=O)/C=C/c1ccccc1. The molecule has 0 saturated heterocycles. The third-order valence-corrected chi connectivity index (χ3v) is 3.50. The van der Waals surface area contributed by atoms with Crippen LogP contribution < -0.4 is 5.32 Å². The molecule has 0 aliphatic heterocycles. The minimum Gasteiger partial charge on any atom is -0.319 e. The summed E-state index contributed by atoms with van der Waals surface area (Å²) in [5, 5.41) is 2.58. The molecule has 4 nitrogen and oxygen atoms in total. The average Bonchev–Trinajstić information content (AvgIpc) is 2.61. The van der Waals surface area contributed by atoms with Gasteiger partial charge in [-0.05, 0) is 29.7 Å². The number of ketones is 2. The number of hydrogen-bond acceptors (Lipinski definition) is 3. The summed E-state index contributed by atoms with van der Waals surface area (Å²) in [7, 11) is 0. The standard InChI is InChI=1S/C20H19NO3/c1-2-16-10-6-7-11-18(16)21-20(24)19(23)14-17(22)13-12-15-8-4-3-5-9-15/h3-13H,2,14H2,1H3,(H,21,24)/b13-12+. The van der Waals surface area contributed by atoms with Gasteiger partial charge in [0.1, 0.15) is 0 Å². The van der Waals surface area contributed by atoms with Crippen LogP contribution in [0.3, 0.4) is 0 Å². The van der Waals surface area contributed by atoms with Crippen LogP contribution in [0.25, 0.3) is 6.08 Å². The fourth-order valence-electron chi connectivity index (χ4n) is 2.19. The van der Waals surface area contributed by atoms with Gasteiger partial charge in [0.25, 0.3) is 5.91 Å². The number of hydrogen-bond donors (Lipinski definition) is 1. The van der Waals surface area contributed by atoms with Gasteiger partial charge in [-0.15, -0.1) is 0 Å². The first-order valence-electron chi connectivity index (χ1n) is 7.78. The molecule has 0 heterocycles. The van der Waals surface area contributed by atoms with Crippen molar-refractivity contribution in [3.63, 3.8) is 0 Å². The van der Waals surface area contributed by atoms with Crippen molar-refractivity contribution in [2.75, 3.05) is 5.32 Å². The zero-order valence-electron chi connectivity index (χ0n) is 13.5. The molecule has 0 spiro atoms. The lowest BCUT2D eigenvalue weighted by Crippen LogP contribution is -2.25. The van der Waals surface area contributed by atoms with Gasteiger partial charge in [0, 0.05) is 5.69 Å². The number of benzene rings is 2. The summed E-state index contributed by atoms with van der Waals surface area (Å²) in [5.74, 6) is -1.91. The molecule has 24 heavy (non-hydrogen) atoms. The molecule has 0 aliphatic rings. The molecule has 4 heteroatoms. The maximum atomic E-state index is 12.0. The van der Waals surface area contributed by atoms with Gasteiger partial charge in [0.2, 0.25) is 5.78 Å². The van der Waals surface area contributed by atoms with E-state index in [1.807, 2.05) is 49.4 Å². The van der Waals surface area contributed by atoms with Crippen LogP contribution in [0.15, 0.2) is 60.7 Å². The fourth-order valence-corrected chi connectivity index (χ4v) is 2.19. The number of anilines is 1. The maximum Gasteiger partial charge on any atom is 0.292 e. The number of carbonyl (C=O) groups is 3. The van der Waals surface area contributed by atoms with Crippen LogP contribution in [0, 0.1) is 0 Å². The minimum absolute atomic E-state index is 0.400. The van der Waals surface area contributed by atoms with Crippen molar-refractivity contribution >= 4 is 29.2 Å². The van der Waals surface area contributed by atoms with E-state index in [1.54, 1.807) is 18.2 Å². The Labute approximate surface area is 141 Å². The number of carbonyl (C=O) groups excluding carboxylic acids is 3. The second-order valence-corrected chi connectivity index (χ2v) is 5.28. The molecule has 2 rings (SSSR count). The Bertz CT molecular complexity index is 763. The van der Waals surface area contributed by atoms with Crippen molar-refractivity contribution in [1.29, 1.82) is 0 Å². The summed E-state index contributed by atoms with van der Waals surface area (Å²) in [6.45, 7) is 1.96. The summed E-state index contributed by atoms with van der Waals surface area (Å²) in [5.41, 5.74) is 2.40. The van der Waals surface area contributed by atoms with Crippen LogP contribution in [0.4, 0.5) is 5.69 Å². The fraction of sp³-hybridized carbons (Fsp3) is 0.150. The Morgan fingerprint density at radius 1 is 0.958 bits per heavy atom. The molecule has 0 radical (unpaired) electrons. The topological polar surface area (TPSA) is 63.2 Å². The first-order chi connectivity index (χ1) is 11.6. The molecule has 2 aromatic carbocycles.